The van der Waals surface area contributed by atoms with Crippen molar-refractivity contribution >= 4 is 61.2 Å². The number of carboxylic acid groups (broad SMARTS) is 1. The fourth-order valence-corrected chi connectivity index (χ4v) is 12.2. The Morgan fingerprint density at radius 2 is 1.82 bits per heavy atom. The Bertz CT molecular complexity index is 2550. The zero-order valence-corrected chi connectivity index (χ0v) is 40.1. The van der Waals surface area contributed by atoms with Crippen molar-refractivity contribution in [1.29, 1.82) is 0 Å². The van der Waals surface area contributed by atoms with Crippen molar-refractivity contribution in [3.8, 4) is 22.9 Å². The number of aromatic nitrogens is 2. The number of amides is 4. The van der Waals surface area contributed by atoms with E-state index in [0.29, 0.717) is 64.4 Å². The first-order valence-corrected chi connectivity index (χ1v) is 25.4. The van der Waals surface area contributed by atoms with E-state index in [1.807, 2.05) is 52.1 Å². The van der Waals surface area contributed by atoms with Gasteiger partial charge in [-0.05, 0) is 74.6 Å². The average molecular weight is 947 g/mol. The van der Waals surface area contributed by atoms with E-state index in [2.05, 4.69) is 21.3 Å². The number of methoxy groups -OCH3 is 1. The van der Waals surface area contributed by atoms with Crippen LogP contribution in [0.25, 0.3) is 22.3 Å². The van der Waals surface area contributed by atoms with Crippen LogP contribution in [-0.2, 0) is 24.4 Å². The van der Waals surface area contributed by atoms with Gasteiger partial charge in [0.1, 0.15) is 40.9 Å². The van der Waals surface area contributed by atoms with Gasteiger partial charge in [0, 0.05) is 54.5 Å². The number of nitrogens with zero attached hydrogens (tertiary/aromatic N) is 4. The van der Waals surface area contributed by atoms with Crippen LogP contribution in [0.3, 0.4) is 0 Å². The molecular weight excluding hydrogens is 885 g/mol. The molecule has 4 amide bonds. The Kier molecular flexibility index (Phi) is 13.4. The molecule has 6 atom stereocenters. The number of aliphatic carboxylic acids is 1. The Morgan fingerprint density at radius 3 is 2.53 bits per heavy atom. The maximum absolute atomic E-state index is 15.0. The number of ether oxygens (including phenoxy) is 2. The Labute approximate surface area is 390 Å². The number of thiazole rings is 1. The number of benzene rings is 1. The number of rotatable bonds is 11. The summed E-state index contributed by atoms with van der Waals surface area (Å²) in [5.41, 5.74) is 0.597. The molecule has 5 aliphatic rings. The highest BCUT2D eigenvalue weighted by Gasteiger charge is 2.62. The standard InChI is InChI=1S/C47H62N8O9S2/c1-27(2)48-45-51-36(26-65-45)35-21-38(32-18-17-30(63-6)19-34(32)49-35)64-31-20-37-41(56)53-47(43(58)59)22-29(47)14-10-8-7-9-11-15-33(42(57)55(37)24-31)50-44(60)52-40(46(3,4)5)25-54-23-28-13-12-16-39(28)66(54,61)62/h12,16-19,21,26-27,29,31,33,37,40H,7-11,13-15,20,22-25H2,1-6H3,(H,48,51)(H,53,56)(H,58,59)(H2,50,52,60)/t29?,31-,33+,37+,40-,47-/m1/s1. The molecule has 3 aliphatic heterocycles. The Hall–Kier alpha value is -5.27. The number of carbonyl (C=O) groups is 4. The number of allylic oxidation sites excluding steroid dienone is 2. The van der Waals surface area contributed by atoms with Crippen LogP contribution in [0.2, 0.25) is 0 Å². The summed E-state index contributed by atoms with van der Waals surface area (Å²) >= 11 is 1.45. The molecule has 1 unspecified atom stereocenters. The minimum absolute atomic E-state index is 0.0295. The molecule has 3 fully saturated rings. The molecule has 1 saturated carbocycles. The van der Waals surface area contributed by atoms with Gasteiger partial charge in [-0.3, -0.25) is 9.59 Å². The average Bonchev–Trinajstić information content (AvgIpc) is 3.73. The zero-order valence-electron chi connectivity index (χ0n) is 38.5. The quantitative estimate of drug-likeness (QED) is 0.146. The molecule has 0 spiro atoms. The van der Waals surface area contributed by atoms with E-state index in [1.165, 1.54) is 20.5 Å². The first kappa shape index (κ1) is 47.2. The van der Waals surface area contributed by atoms with Crippen LogP contribution in [0.5, 0.6) is 11.5 Å². The molecule has 2 aliphatic carbocycles. The first-order chi connectivity index (χ1) is 31.4. The highest BCUT2D eigenvalue weighted by molar-refractivity contribution is 7.93. The number of carbonyl (C=O) groups excluding carboxylic acids is 3. The summed E-state index contributed by atoms with van der Waals surface area (Å²) in [6.45, 7) is 10.1. The lowest BCUT2D eigenvalue weighted by molar-refractivity contribution is -0.145. The predicted molar refractivity (Wildman–Crippen MR) is 252 cm³/mol. The van der Waals surface area contributed by atoms with Crippen molar-refractivity contribution < 1.29 is 42.2 Å². The monoisotopic (exact) mass is 946 g/mol. The van der Waals surface area contributed by atoms with E-state index in [0.717, 1.165) is 36.4 Å². The van der Waals surface area contributed by atoms with Crippen molar-refractivity contribution in [1.82, 2.24) is 35.1 Å². The smallest absolute Gasteiger partial charge is 0.329 e. The number of pyridine rings is 1. The third-order valence-electron chi connectivity index (χ3n) is 13.5. The molecule has 356 valence electrons. The van der Waals surface area contributed by atoms with Gasteiger partial charge in [0.25, 0.3) is 0 Å². The number of urea groups is 1. The van der Waals surface area contributed by atoms with Crippen molar-refractivity contribution in [2.45, 2.75) is 135 Å². The maximum atomic E-state index is 15.0. The summed E-state index contributed by atoms with van der Waals surface area (Å²) in [6.07, 6.45) is 8.58. The van der Waals surface area contributed by atoms with E-state index >= 15 is 4.79 Å². The number of fused-ring (bicyclic) bond motifs is 3. The van der Waals surface area contributed by atoms with Gasteiger partial charge in [0.05, 0.1) is 29.8 Å². The molecule has 5 N–H and O–H groups in total. The molecule has 1 aromatic carbocycles. The zero-order chi connectivity index (χ0) is 47.1. The summed E-state index contributed by atoms with van der Waals surface area (Å²) in [4.78, 5) is 67.8. The van der Waals surface area contributed by atoms with Crippen molar-refractivity contribution in [2.24, 2.45) is 11.3 Å². The minimum Gasteiger partial charge on any atom is -0.497 e. The maximum Gasteiger partial charge on any atom is 0.329 e. The van der Waals surface area contributed by atoms with E-state index in [9.17, 15) is 27.9 Å². The molecule has 19 heteroatoms. The lowest BCUT2D eigenvalue weighted by atomic mass is 9.86. The molecule has 0 bridgehead atoms. The third kappa shape index (κ3) is 9.88. The van der Waals surface area contributed by atoms with Gasteiger partial charge in [-0.2, -0.15) is 4.31 Å². The van der Waals surface area contributed by atoms with E-state index < -0.39 is 69.0 Å². The lowest BCUT2D eigenvalue weighted by Gasteiger charge is -2.35. The van der Waals surface area contributed by atoms with Gasteiger partial charge in [-0.15, -0.1) is 11.3 Å². The summed E-state index contributed by atoms with van der Waals surface area (Å²) in [6, 6.07) is 3.97. The SMILES string of the molecule is COc1ccc2c(O[C@@H]3C[C@H]4C(=O)N[C@]5(C(=O)O)CC5CCCCCCC[C@H](NC(=O)N[C@H](CN5CC6=C(C=CC6)S5(=O)=O)C(C)(C)C)C(=O)N4C3)cc(-c3csc(NC(C)C)n3)nc2c1. The van der Waals surface area contributed by atoms with Crippen molar-refractivity contribution in [2.75, 3.05) is 32.1 Å². The first-order valence-electron chi connectivity index (χ1n) is 23.1. The highest BCUT2D eigenvalue weighted by atomic mass is 32.2. The van der Waals surface area contributed by atoms with E-state index in [4.69, 9.17) is 19.4 Å². The molecule has 8 rings (SSSR count). The minimum atomic E-state index is -3.72. The van der Waals surface area contributed by atoms with Crippen LogP contribution in [0.15, 0.2) is 52.3 Å². The van der Waals surface area contributed by atoms with Crippen LogP contribution >= 0.6 is 11.3 Å². The van der Waals surface area contributed by atoms with Gasteiger partial charge in [-0.25, -0.2) is 28.0 Å². The molecule has 5 heterocycles. The molecule has 2 saturated heterocycles. The van der Waals surface area contributed by atoms with Crippen LogP contribution in [0, 0.1) is 11.3 Å². The summed E-state index contributed by atoms with van der Waals surface area (Å²) < 4.78 is 40.6. The number of sulfonamides is 1. The van der Waals surface area contributed by atoms with Crippen LogP contribution in [-0.4, -0.2) is 119 Å². The summed E-state index contributed by atoms with van der Waals surface area (Å²) in [7, 11) is -2.15. The van der Waals surface area contributed by atoms with E-state index in [1.54, 1.807) is 31.4 Å². The normalized spacial score (nSPS) is 26.2. The molecular formula is C47H62N8O9S2. The highest BCUT2D eigenvalue weighted by Crippen LogP contribution is 2.48. The second-order valence-corrected chi connectivity index (χ2v) is 22.4. The van der Waals surface area contributed by atoms with Gasteiger partial charge < -0.3 is 40.7 Å². The third-order valence-corrected chi connectivity index (χ3v) is 16.2. The van der Waals surface area contributed by atoms with Gasteiger partial charge >= 0.3 is 12.0 Å². The van der Waals surface area contributed by atoms with Crippen molar-refractivity contribution in [3.63, 3.8) is 0 Å². The Morgan fingerprint density at radius 1 is 1.06 bits per heavy atom. The number of anilines is 1. The molecule has 66 heavy (non-hydrogen) atoms. The second kappa shape index (κ2) is 18.8. The number of carboxylic acids is 1. The number of hydrogen-bond acceptors (Lipinski definition) is 12. The predicted octanol–water partition coefficient (Wildman–Crippen LogP) is 6.18. The topological polar surface area (TPSA) is 221 Å². The largest absolute Gasteiger partial charge is 0.497 e. The fraction of sp³-hybridized carbons (Fsp3) is 0.574. The second-order valence-electron chi connectivity index (χ2n) is 19.7. The lowest BCUT2D eigenvalue weighted by Crippen LogP contribution is -2.59. The molecule has 3 aromatic rings. The van der Waals surface area contributed by atoms with Crippen LogP contribution in [0.1, 0.15) is 98.8 Å². The van der Waals surface area contributed by atoms with Crippen LogP contribution in [0.4, 0.5) is 9.93 Å². The van der Waals surface area contributed by atoms with Crippen LogP contribution < -0.4 is 30.7 Å². The van der Waals surface area contributed by atoms with E-state index in [-0.39, 0.29) is 44.4 Å². The Balaban J connectivity index is 1.08. The molecule has 0 radical (unpaired) electrons. The van der Waals surface area contributed by atoms with Gasteiger partial charge in [0.2, 0.25) is 21.8 Å². The van der Waals surface area contributed by atoms with Gasteiger partial charge in [0.15, 0.2) is 5.13 Å². The van der Waals surface area contributed by atoms with Crippen molar-refractivity contribution in [3.05, 3.63) is 52.3 Å². The number of nitrogens with one attached hydrogen (secondary N) is 4. The molecule has 17 nitrogen and oxygen atoms in total. The summed E-state index contributed by atoms with van der Waals surface area (Å²) in [5, 5.41) is 25.9. The fourth-order valence-electron chi connectivity index (χ4n) is 9.60. The molecule has 2 aromatic heterocycles. The number of hydrogen-bond donors (Lipinski definition) is 5. The van der Waals surface area contributed by atoms with Gasteiger partial charge in [-0.1, -0.05) is 59.0 Å². The summed E-state index contributed by atoms with van der Waals surface area (Å²) in [5.74, 6) is -1.37.